The number of aliphatic hydroxyl groups excluding tert-OH is 1. The van der Waals surface area contributed by atoms with Gasteiger partial charge in [0.05, 0.1) is 16.5 Å². The Morgan fingerprint density at radius 2 is 2.08 bits per heavy atom. The number of primary amides is 1. The van der Waals surface area contributed by atoms with Crippen LogP contribution < -0.4 is 10.6 Å². The second kappa shape index (κ2) is 6.98. The number of amides is 2. The smallest absolute Gasteiger partial charge is 0.264 e. The van der Waals surface area contributed by atoms with E-state index < -0.39 is 12.0 Å². The summed E-state index contributed by atoms with van der Waals surface area (Å²) in [6.45, 7) is 1.70. The standard InChI is InChI=1S/C16H18N4O3S/c17-15(22)11-3-4-14(18-8-11)19-5-6-20(10-12(21)9-19)16(23)13-2-1-7-24-13/h1-4,7-8,12,21H,5-6,9-10H2,(H2,17,22)/t12-/m1/s1. The van der Waals surface area contributed by atoms with Gasteiger partial charge in [0, 0.05) is 32.4 Å². The zero-order chi connectivity index (χ0) is 17.1. The summed E-state index contributed by atoms with van der Waals surface area (Å²) in [5.41, 5.74) is 5.55. The lowest BCUT2D eigenvalue weighted by Gasteiger charge is -2.22. The first-order valence-electron chi connectivity index (χ1n) is 7.56. The Morgan fingerprint density at radius 3 is 2.71 bits per heavy atom. The number of β-amino-alcohol motifs (C(OH)–C–C–N with tert-alkyl or cyclic N) is 1. The maximum Gasteiger partial charge on any atom is 0.264 e. The molecule has 2 aromatic rings. The van der Waals surface area contributed by atoms with Crippen LogP contribution in [0.15, 0.2) is 35.8 Å². The van der Waals surface area contributed by atoms with Crippen LogP contribution >= 0.6 is 11.3 Å². The Morgan fingerprint density at radius 1 is 1.25 bits per heavy atom. The Balaban J connectivity index is 1.72. The minimum atomic E-state index is -0.672. The van der Waals surface area contributed by atoms with E-state index in [9.17, 15) is 14.7 Å². The summed E-state index contributed by atoms with van der Waals surface area (Å²) in [6, 6.07) is 6.93. The number of hydrogen-bond donors (Lipinski definition) is 2. The monoisotopic (exact) mass is 346 g/mol. The molecule has 8 heteroatoms. The predicted molar refractivity (Wildman–Crippen MR) is 91.2 cm³/mol. The van der Waals surface area contributed by atoms with Crippen LogP contribution in [0.3, 0.4) is 0 Å². The Labute approximate surface area is 143 Å². The van der Waals surface area contributed by atoms with E-state index >= 15 is 0 Å². The molecule has 24 heavy (non-hydrogen) atoms. The molecule has 3 rings (SSSR count). The Hall–Kier alpha value is -2.45. The first-order valence-corrected chi connectivity index (χ1v) is 8.44. The van der Waals surface area contributed by atoms with Gasteiger partial charge in [0.15, 0.2) is 0 Å². The number of aliphatic hydroxyl groups is 1. The van der Waals surface area contributed by atoms with Gasteiger partial charge in [-0.3, -0.25) is 9.59 Å². The molecule has 0 aliphatic carbocycles. The lowest BCUT2D eigenvalue weighted by molar-refractivity contribution is 0.0678. The van der Waals surface area contributed by atoms with Gasteiger partial charge in [0.25, 0.3) is 5.91 Å². The number of aromatic nitrogens is 1. The van der Waals surface area contributed by atoms with Crippen molar-refractivity contribution in [3.05, 3.63) is 46.3 Å². The zero-order valence-electron chi connectivity index (χ0n) is 13.0. The highest BCUT2D eigenvalue weighted by Crippen LogP contribution is 2.17. The van der Waals surface area contributed by atoms with Crippen LogP contribution in [0.4, 0.5) is 5.82 Å². The fourth-order valence-corrected chi connectivity index (χ4v) is 3.35. The number of thiophene rings is 1. The average molecular weight is 346 g/mol. The molecule has 1 aliphatic heterocycles. The second-order valence-electron chi connectivity index (χ2n) is 5.60. The quantitative estimate of drug-likeness (QED) is 0.846. The molecule has 1 aliphatic rings. The molecule has 0 radical (unpaired) electrons. The van der Waals surface area contributed by atoms with E-state index in [0.717, 1.165) is 0 Å². The Bertz CT molecular complexity index is 717. The number of pyridine rings is 1. The highest BCUT2D eigenvalue weighted by atomic mass is 32.1. The molecule has 2 aromatic heterocycles. The van der Waals surface area contributed by atoms with Gasteiger partial charge in [-0.15, -0.1) is 11.3 Å². The van der Waals surface area contributed by atoms with Crippen molar-refractivity contribution in [3.63, 3.8) is 0 Å². The molecule has 7 nitrogen and oxygen atoms in total. The highest BCUT2D eigenvalue weighted by molar-refractivity contribution is 7.12. The first kappa shape index (κ1) is 16.4. The summed E-state index contributed by atoms with van der Waals surface area (Å²) in [4.78, 5) is 32.0. The van der Waals surface area contributed by atoms with Gasteiger partial charge in [0.2, 0.25) is 5.91 Å². The van der Waals surface area contributed by atoms with E-state index in [1.807, 2.05) is 16.3 Å². The van der Waals surface area contributed by atoms with Crippen molar-refractivity contribution in [1.82, 2.24) is 9.88 Å². The number of carbonyl (C=O) groups excluding carboxylic acids is 2. The normalized spacial score (nSPS) is 18.3. The zero-order valence-corrected chi connectivity index (χ0v) is 13.8. The third-order valence-electron chi connectivity index (χ3n) is 3.88. The van der Waals surface area contributed by atoms with E-state index in [1.54, 1.807) is 23.1 Å². The summed E-state index contributed by atoms with van der Waals surface area (Å²) in [6.07, 6.45) is 0.748. The van der Waals surface area contributed by atoms with E-state index in [2.05, 4.69) is 4.98 Å². The molecule has 3 heterocycles. The maximum atomic E-state index is 12.5. The van der Waals surface area contributed by atoms with Crippen molar-refractivity contribution < 1.29 is 14.7 Å². The van der Waals surface area contributed by atoms with Crippen LogP contribution in [-0.2, 0) is 0 Å². The van der Waals surface area contributed by atoms with Crippen LogP contribution in [0.5, 0.6) is 0 Å². The molecule has 0 bridgehead atoms. The fraction of sp³-hybridized carbons (Fsp3) is 0.312. The molecule has 2 amide bonds. The fourth-order valence-electron chi connectivity index (χ4n) is 2.66. The average Bonchev–Trinajstić information content (AvgIpc) is 3.04. The largest absolute Gasteiger partial charge is 0.389 e. The van der Waals surface area contributed by atoms with Crippen molar-refractivity contribution in [2.24, 2.45) is 5.73 Å². The molecular weight excluding hydrogens is 328 g/mol. The van der Waals surface area contributed by atoms with E-state index in [0.29, 0.717) is 35.9 Å². The predicted octanol–water partition coefficient (Wildman–Crippen LogP) is 0.565. The summed E-state index contributed by atoms with van der Waals surface area (Å²) in [7, 11) is 0. The number of nitrogens with two attached hydrogens (primary N) is 1. The maximum absolute atomic E-state index is 12.5. The number of nitrogens with zero attached hydrogens (tertiary/aromatic N) is 3. The van der Waals surface area contributed by atoms with Crippen molar-refractivity contribution in [3.8, 4) is 0 Å². The van der Waals surface area contributed by atoms with Crippen LogP contribution in [0.25, 0.3) is 0 Å². The van der Waals surface area contributed by atoms with Gasteiger partial charge in [0.1, 0.15) is 5.82 Å². The molecule has 0 spiro atoms. The molecule has 1 atom stereocenters. The van der Waals surface area contributed by atoms with Gasteiger partial charge in [-0.1, -0.05) is 6.07 Å². The van der Waals surface area contributed by atoms with Gasteiger partial charge >= 0.3 is 0 Å². The number of hydrogen-bond acceptors (Lipinski definition) is 6. The van der Waals surface area contributed by atoms with E-state index in [1.165, 1.54) is 17.5 Å². The van der Waals surface area contributed by atoms with Crippen molar-refractivity contribution in [1.29, 1.82) is 0 Å². The van der Waals surface area contributed by atoms with E-state index in [4.69, 9.17) is 5.73 Å². The topological polar surface area (TPSA) is 99.8 Å². The van der Waals surface area contributed by atoms with Crippen LogP contribution in [0, 0.1) is 0 Å². The minimum Gasteiger partial charge on any atom is -0.389 e. The van der Waals surface area contributed by atoms with Crippen LogP contribution in [0.1, 0.15) is 20.0 Å². The number of anilines is 1. The van der Waals surface area contributed by atoms with Crippen LogP contribution in [0.2, 0.25) is 0 Å². The Kier molecular flexibility index (Phi) is 4.77. The van der Waals surface area contributed by atoms with Crippen molar-refractivity contribution in [2.45, 2.75) is 6.10 Å². The van der Waals surface area contributed by atoms with Crippen molar-refractivity contribution >= 4 is 29.0 Å². The van der Waals surface area contributed by atoms with Gasteiger partial charge in [-0.2, -0.15) is 0 Å². The highest BCUT2D eigenvalue weighted by Gasteiger charge is 2.26. The van der Waals surface area contributed by atoms with Gasteiger partial charge in [-0.05, 0) is 23.6 Å². The lowest BCUT2D eigenvalue weighted by atomic mass is 10.2. The minimum absolute atomic E-state index is 0.0667. The van der Waals surface area contributed by atoms with E-state index in [-0.39, 0.29) is 12.5 Å². The molecule has 0 unspecified atom stereocenters. The molecule has 0 saturated carbocycles. The molecular formula is C16H18N4O3S. The third-order valence-corrected chi connectivity index (χ3v) is 4.74. The SMILES string of the molecule is NC(=O)c1ccc(N2CCN(C(=O)c3cccs3)C[C@H](O)C2)nc1. The summed E-state index contributed by atoms with van der Waals surface area (Å²) < 4.78 is 0. The third kappa shape index (κ3) is 3.55. The number of rotatable bonds is 3. The summed E-state index contributed by atoms with van der Waals surface area (Å²) >= 11 is 1.39. The van der Waals surface area contributed by atoms with Gasteiger partial charge < -0.3 is 20.6 Å². The second-order valence-corrected chi connectivity index (χ2v) is 6.55. The molecule has 0 aromatic carbocycles. The van der Waals surface area contributed by atoms with Crippen molar-refractivity contribution in [2.75, 3.05) is 31.1 Å². The lowest BCUT2D eigenvalue weighted by Crippen LogP contribution is -2.37. The number of carbonyl (C=O) groups is 2. The summed E-state index contributed by atoms with van der Waals surface area (Å²) in [5.74, 6) is 0.0464. The summed E-state index contributed by atoms with van der Waals surface area (Å²) in [5, 5.41) is 12.1. The molecule has 3 N–H and O–H groups in total. The molecule has 1 saturated heterocycles. The molecule has 126 valence electrons. The molecule has 1 fully saturated rings. The van der Waals surface area contributed by atoms with Gasteiger partial charge in [-0.25, -0.2) is 4.98 Å². The van der Waals surface area contributed by atoms with Crippen LogP contribution in [-0.4, -0.2) is 59.1 Å². The first-order chi connectivity index (χ1) is 11.5.